The summed E-state index contributed by atoms with van der Waals surface area (Å²) in [5, 5.41) is 0. The SMILES string of the molecule is COc1ccc(N2C(=O)C(Oc3ccccc3)C2c2ccc(OC)c(OC)c2)cc1. The van der Waals surface area contributed by atoms with Crippen LogP contribution in [0.2, 0.25) is 0 Å². The quantitative estimate of drug-likeness (QED) is 0.550. The summed E-state index contributed by atoms with van der Waals surface area (Å²) < 4.78 is 22.1. The summed E-state index contributed by atoms with van der Waals surface area (Å²) in [6.45, 7) is 0. The van der Waals surface area contributed by atoms with E-state index in [9.17, 15) is 4.79 Å². The second-order valence-electron chi connectivity index (χ2n) is 6.82. The van der Waals surface area contributed by atoms with Crippen LogP contribution in [0.1, 0.15) is 11.6 Å². The van der Waals surface area contributed by atoms with Crippen LogP contribution in [0, 0.1) is 0 Å². The molecular weight excluding hydrogens is 382 g/mol. The average Bonchev–Trinajstić information content (AvgIpc) is 2.81. The topological polar surface area (TPSA) is 57.2 Å². The largest absolute Gasteiger partial charge is 0.497 e. The Morgan fingerprint density at radius 1 is 0.733 bits per heavy atom. The number of β-lactam (4-membered cyclic amide) rings is 1. The Kier molecular flexibility index (Phi) is 5.48. The van der Waals surface area contributed by atoms with Crippen LogP contribution < -0.4 is 23.8 Å². The lowest BCUT2D eigenvalue weighted by atomic mass is 9.89. The third-order valence-electron chi connectivity index (χ3n) is 5.15. The summed E-state index contributed by atoms with van der Waals surface area (Å²) in [5.74, 6) is 2.50. The Labute approximate surface area is 175 Å². The molecule has 1 saturated heterocycles. The molecule has 2 unspecified atom stereocenters. The van der Waals surface area contributed by atoms with Crippen LogP contribution in [0.4, 0.5) is 5.69 Å². The summed E-state index contributed by atoms with van der Waals surface area (Å²) in [6.07, 6.45) is -0.646. The van der Waals surface area contributed by atoms with Crippen molar-refractivity contribution < 1.29 is 23.7 Å². The molecule has 0 N–H and O–H groups in total. The fourth-order valence-electron chi connectivity index (χ4n) is 3.61. The number of benzene rings is 3. The molecule has 0 saturated carbocycles. The van der Waals surface area contributed by atoms with Crippen LogP contribution in [0.15, 0.2) is 72.8 Å². The van der Waals surface area contributed by atoms with Crippen LogP contribution in [0.3, 0.4) is 0 Å². The normalized spacial score (nSPS) is 17.8. The first-order chi connectivity index (χ1) is 14.7. The van der Waals surface area contributed by atoms with Gasteiger partial charge in [-0.15, -0.1) is 0 Å². The van der Waals surface area contributed by atoms with E-state index >= 15 is 0 Å². The van der Waals surface area contributed by atoms with E-state index in [1.165, 1.54) is 0 Å². The Balaban J connectivity index is 1.71. The first kappa shape index (κ1) is 19.6. The highest BCUT2D eigenvalue weighted by atomic mass is 16.5. The number of methoxy groups -OCH3 is 3. The van der Waals surface area contributed by atoms with Crippen LogP contribution >= 0.6 is 0 Å². The van der Waals surface area contributed by atoms with E-state index in [-0.39, 0.29) is 11.9 Å². The van der Waals surface area contributed by atoms with E-state index in [1.807, 2.05) is 72.8 Å². The molecule has 0 radical (unpaired) electrons. The van der Waals surface area contributed by atoms with Crippen LogP contribution in [-0.4, -0.2) is 33.3 Å². The third kappa shape index (κ3) is 3.52. The maximum Gasteiger partial charge on any atom is 0.271 e. The van der Waals surface area contributed by atoms with E-state index in [1.54, 1.807) is 26.2 Å². The standard InChI is InChI=1S/C24H23NO5/c1-27-18-12-10-17(11-13-18)25-22(16-9-14-20(28-2)21(15-16)29-3)23(24(25)26)30-19-7-5-4-6-8-19/h4-15,22-23H,1-3H3. The molecular formula is C24H23NO5. The average molecular weight is 405 g/mol. The molecule has 3 aromatic rings. The number of rotatable bonds is 7. The van der Waals surface area contributed by atoms with Gasteiger partial charge in [-0.2, -0.15) is 0 Å². The van der Waals surface area contributed by atoms with E-state index in [4.69, 9.17) is 18.9 Å². The van der Waals surface area contributed by atoms with Crippen molar-refractivity contribution in [3.05, 3.63) is 78.4 Å². The lowest BCUT2D eigenvalue weighted by Crippen LogP contribution is -2.61. The molecule has 1 aliphatic heterocycles. The van der Waals surface area contributed by atoms with E-state index in [0.29, 0.717) is 17.2 Å². The number of carbonyl (C=O) groups is 1. The number of amides is 1. The van der Waals surface area contributed by atoms with Crippen molar-refractivity contribution in [3.8, 4) is 23.0 Å². The molecule has 6 heteroatoms. The van der Waals surface area contributed by atoms with Gasteiger partial charge < -0.3 is 18.9 Å². The first-order valence-corrected chi connectivity index (χ1v) is 9.57. The van der Waals surface area contributed by atoms with Crippen molar-refractivity contribution in [3.63, 3.8) is 0 Å². The smallest absolute Gasteiger partial charge is 0.271 e. The fraction of sp³-hybridized carbons (Fsp3) is 0.208. The molecule has 6 nitrogen and oxygen atoms in total. The number of hydrogen-bond donors (Lipinski definition) is 0. The summed E-state index contributed by atoms with van der Waals surface area (Å²) >= 11 is 0. The Bertz CT molecular complexity index is 1020. The van der Waals surface area contributed by atoms with Gasteiger partial charge in [0.05, 0.1) is 21.3 Å². The molecule has 154 valence electrons. The number of carbonyl (C=O) groups excluding carboxylic acids is 1. The molecule has 1 heterocycles. The van der Waals surface area contributed by atoms with Crippen molar-refractivity contribution in [2.45, 2.75) is 12.1 Å². The minimum Gasteiger partial charge on any atom is -0.497 e. The maximum atomic E-state index is 13.1. The molecule has 2 atom stereocenters. The molecule has 0 bridgehead atoms. The minimum absolute atomic E-state index is 0.108. The van der Waals surface area contributed by atoms with Crippen molar-refractivity contribution in [1.82, 2.24) is 0 Å². The summed E-state index contributed by atoms with van der Waals surface area (Å²) in [7, 11) is 4.79. The molecule has 1 fully saturated rings. The van der Waals surface area contributed by atoms with Crippen molar-refractivity contribution in [2.24, 2.45) is 0 Å². The second-order valence-corrected chi connectivity index (χ2v) is 6.82. The number of nitrogens with zero attached hydrogens (tertiary/aromatic N) is 1. The van der Waals surface area contributed by atoms with Gasteiger partial charge in [-0.3, -0.25) is 9.69 Å². The third-order valence-corrected chi connectivity index (χ3v) is 5.15. The molecule has 30 heavy (non-hydrogen) atoms. The molecule has 0 spiro atoms. The van der Waals surface area contributed by atoms with E-state index < -0.39 is 6.10 Å². The van der Waals surface area contributed by atoms with Crippen LogP contribution in [-0.2, 0) is 4.79 Å². The van der Waals surface area contributed by atoms with Crippen molar-refractivity contribution in [2.75, 3.05) is 26.2 Å². The lowest BCUT2D eigenvalue weighted by Gasteiger charge is -2.46. The zero-order valence-corrected chi connectivity index (χ0v) is 17.1. The predicted octanol–water partition coefficient (Wildman–Crippen LogP) is 4.25. The zero-order valence-electron chi connectivity index (χ0n) is 17.1. The molecule has 0 aromatic heterocycles. The van der Waals surface area contributed by atoms with Gasteiger partial charge in [-0.1, -0.05) is 24.3 Å². The Hall–Kier alpha value is -3.67. The van der Waals surface area contributed by atoms with Gasteiger partial charge in [0, 0.05) is 5.69 Å². The highest BCUT2D eigenvalue weighted by Crippen LogP contribution is 2.43. The predicted molar refractivity (Wildman–Crippen MR) is 114 cm³/mol. The molecule has 1 amide bonds. The van der Waals surface area contributed by atoms with Crippen molar-refractivity contribution in [1.29, 1.82) is 0 Å². The maximum absolute atomic E-state index is 13.1. The molecule has 0 aliphatic carbocycles. The lowest BCUT2D eigenvalue weighted by molar-refractivity contribution is -0.135. The number of hydrogen-bond acceptors (Lipinski definition) is 5. The summed E-state index contributed by atoms with van der Waals surface area (Å²) in [5.41, 5.74) is 1.66. The van der Waals surface area contributed by atoms with E-state index in [2.05, 4.69) is 0 Å². The van der Waals surface area contributed by atoms with Crippen LogP contribution in [0.25, 0.3) is 0 Å². The minimum atomic E-state index is -0.646. The van der Waals surface area contributed by atoms with Gasteiger partial charge in [-0.25, -0.2) is 0 Å². The Morgan fingerprint density at radius 2 is 1.43 bits per heavy atom. The summed E-state index contributed by atoms with van der Waals surface area (Å²) in [4.78, 5) is 14.8. The highest BCUT2D eigenvalue weighted by Gasteiger charge is 2.51. The number of anilines is 1. The van der Waals surface area contributed by atoms with Gasteiger partial charge in [0.15, 0.2) is 11.5 Å². The molecule has 3 aromatic carbocycles. The number of ether oxygens (including phenoxy) is 4. The van der Waals surface area contributed by atoms with Gasteiger partial charge in [0.1, 0.15) is 17.5 Å². The number of para-hydroxylation sites is 1. The van der Waals surface area contributed by atoms with Gasteiger partial charge in [-0.05, 0) is 54.1 Å². The second kappa shape index (κ2) is 8.37. The Morgan fingerprint density at radius 3 is 2.07 bits per heavy atom. The van der Waals surface area contributed by atoms with Gasteiger partial charge in [0.25, 0.3) is 5.91 Å². The van der Waals surface area contributed by atoms with Crippen molar-refractivity contribution >= 4 is 11.6 Å². The van der Waals surface area contributed by atoms with E-state index in [0.717, 1.165) is 17.0 Å². The summed E-state index contributed by atoms with van der Waals surface area (Å²) in [6, 6.07) is 22.1. The van der Waals surface area contributed by atoms with Crippen LogP contribution in [0.5, 0.6) is 23.0 Å². The zero-order chi connectivity index (χ0) is 21.1. The monoisotopic (exact) mass is 405 g/mol. The highest BCUT2D eigenvalue weighted by molar-refractivity contribution is 6.05. The first-order valence-electron chi connectivity index (χ1n) is 9.57. The fourth-order valence-corrected chi connectivity index (χ4v) is 3.61. The van der Waals surface area contributed by atoms with Gasteiger partial charge in [0.2, 0.25) is 6.10 Å². The molecule has 4 rings (SSSR count). The molecule has 1 aliphatic rings. The van der Waals surface area contributed by atoms with Gasteiger partial charge >= 0.3 is 0 Å².